The lowest BCUT2D eigenvalue weighted by Gasteiger charge is -2.16. The zero-order valence-corrected chi connectivity index (χ0v) is 11.8. The van der Waals surface area contributed by atoms with Gasteiger partial charge in [0.05, 0.1) is 18.7 Å². The van der Waals surface area contributed by atoms with Gasteiger partial charge in [-0.2, -0.15) is 5.26 Å². The number of carboxylic acid groups (broad SMARTS) is 1. The lowest BCUT2D eigenvalue weighted by atomic mass is 9.88. The maximum absolute atomic E-state index is 11.1. The maximum Gasteiger partial charge on any atom is 0.335 e. The van der Waals surface area contributed by atoms with E-state index in [1.54, 1.807) is 25.3 Å². The van der Waals surface area contributed by atoms with E-state index in [4.69, 9.17) is 9.84 Å². The summed E-state index contributed by atoms with van der Waals surface area (Å²) in [6, 6.07) is 14.3. The van der Waals surface area contributed by atoms with Crippen molar-refractivity contribution in [2.45, 2.75) is 12.8 Å². The van der Waals surface area contributed by atoms with Gasteiger partial charge in [-0.25, -0.2) is 4.79 Å². The first-order valence-electron chi connectivity index (χ1n) is 6.45. The van der Waals surface area contributed by atoms with Crippen LogP contribution in [0, 0.1) is 18.3 Å². The number of aryl methyl sites for hydroxylation is 1. The fraction of sp³-hybridized carbons (Fsp3) is 0.176. The molecule has 0 aliphatic carbocycles. The molecule has 0 aliphatic rings. The SMILES string of the molecule is COc1ccccc1C(C#N)c1cc(C(=O)O)ccc1C. The normalized spacial score (nSPS) is 11.5. The van der Waals surface area contributed by atoms with Crippen molar-refractivity contribution in [3.05, 3.63) is 64.7 Å². The van der Waals surface area contributed by atoms with Crippen molar-refractivity contribution in [1.82, 2.24) is 0 Å². The van der Waals surface area contributed by atoms with Crippen LogP contribution >= 0.6 is 0 Å². The quantitative estimate of drug-likeness (QED) is 0.932. The Morgan fingerprint density at radius 3 is 2.57 bits per heavy atom. The number of nitrogens with zero attached hydrogens (tertiary/aromatic N) is 1. The van der Waals surface area contributed by atoms with Crippen LogP contribution in [0.25, 0.3) is 0 Å². The lowest BCUT2D eigenvalue weighted by Crippen LogP contribution is -2.06. The molecule has 21 heavy (non-hydrogen) atoms. The van der Waals surface area contributed by atoms with Crippen molar-refractivity contribution in [3.63, 3.8) is 0 Å². The predicted octanol–water partition coefficient (Wildman–Crippen LogP) is 3.36. The molecule has 0 amide bonds. The molecule has 4 heteroatoms. The van der Waals surface area contributed by atoms with Gasteiger partial charge in [-0.15, -0.1) is 0 Å². The molecular weight excluding hydrogens is 266 g/mol. The van der Waals surface area contributed by atoms with Crippen LogP contribution in [-0.2, 0) is 0 Å². The van der Waals surface area contributed by atoms with Crippen molar-refractivity contribution in [1.29, 1.82) is 5.26 Å². The molecule has 2 aromatic rings. The molecule has 0 aliphatic heterocycles. The number of rotatable bonds is 4. The number of hydrogen-bond acceptors (Lipinski definition) is 3. The highest BCUT2D eigenvalue weighted by molar-refractivity contribution is 5.88. The standard InChI is InChI=1S/C17H15NO3/c1-11-7-8-12(17(19)20)9-14(11)15(10-18)13-5-3-4-6-16(13)21-2/h3-9,15H,1-2H3,(H,19,20). The average molecular weight is 281 g/mol. The second-order valence-electron chi connectivity index (χ2n) is 4.68. The Morgan fingerprint density at radius 2 is 1.95 bits per heavy atom. The van der Waals surface area contributed by atoms with Gasteiger partial charge in [0.25, 0.3) is 0 Å². The minimum atomic E-state index is -1.01. The van der Waals surface area contributed by atoms with Gasteiger partial charge in [-0.05, 0) is 36.2 Å². The number of nitriles is 1. The fourth-order valence-corrected chi connectivity index (χ4v) is 2.30. The van der Waals surface area contributed by atoms with Crippen molar-refractivity contribution in [2.24, 2.45) is 0 Å². The van der Waals surface area contributed by atoms with Crippen molar-refractivity contribution in [3.8, 4) is 11.8 Å². The summed E-state index contributed by atoms with van der Waals surface area (Å²) in [7, 11) is 1.55. The van der Waals surface area contributed by atoms with Gasteiger partial charge in [0.15, 0.2) is 0 Å². The summed E-state index contributed by atoms with van der Waals surface area (Å²) in [5.74, 6) is -0.961. The van der Waals surface area contributed by atoms with Gasteiger partial charge in [-0.3, -0.25) is 0 Å². The van der Waals surface area contributed by atoms with Crippen molar-refractivity contribution < 1.29 is 14.6 Å². The largest absolute Gasteiger partial charge is 0.496 e. The number of hydrogen-bond donors (Lipinski definition) is 1. The van der Waals surface area contributed by atoms with Gasteiger partial charge in [0.1, 0.15) is 11.7 Å². The van der Waals surface area contributed by atoms with E-state index < -0.39 is 11.9 Å². The van der Waals surface area contributed by atoms with Crippen LogP contribution in [0.4, 0.5) is 0 Å². The summed E-state index contributed by atoms with van der Waals surface area (Å²) in [5.41, 5.74) is 2.46. The highest BCUT2D eigenvalue weighted by atomic mass is 16.5. The van der Waals surface area contributed by atoms with E-state index in [1.165, 1.54) is 6.07 Å². The molecule has 2 rings (SSSR count). The monoisotopic (exact) mass is 281 g/mol. The van der Waals surface area contributed by atoms with E-state index in [0.717, 1.165) is 11.1 Å². The summed E-state index contributed by atoms with van der Waals surface area (Å²) in [4.78, 5) is 11.1. The Bertz CT molecular complexity index is 716. The number of aromatic carboxylic acids is 1. The molecule has 1 unspecified atom stereocenters. The third-order valence-electron chi connectivity index (χ3n) is 3.42. The molecule has 1 atom stereocenters. The highest BCUT2D eigenvalue weighted by Gasteiger charge is 2.20. The van der Waals surface area contributed by atoms with E-state index in [-0.39, 0.29) is 5.56 Å². The topological polar surface area (TPSA) is 70.3 Å². The zero-order valence-electron chi connectivity index (χ0n) is 11.8. The van der Waals surface area contributed by atoms with Crippen LogP contribution in [0.15, 0.2) is 42.5 Å². The van der Waals surface area contributed by atoms with Gasteiger partial charge in [-0.1, -0.05) is 24.3 Å². The Labute approximate surface area is 123 Å². The Hall–Kier alpha value is -2.80. The Kier molecular flexibility index (Phi) is 4.24. The Balaban J connectivity index is 2.59. The summed E-state index contributed by atoms with van der Waals surface area (Å²) in [6.45, 7) is 1.86. The molecule has 0 heterocycles. The highest BCUT2D eigenvalue weighted by Crippen LogP contribution is 2.33. The fourth-order valence-electron chi connectivity index (χ4n) is 2.30. The molecular formula is C17H15NO3. The second kappa shape index (κ2) is 6.10. The predicted molar refractivity (Wildman–Crippen MR) is 78.6 cm³/mol. The minimum Gasteiger partial charge on any atom is -0.496 e. The summed E-state index contributed by atoms with van der Waals surface area (Å²) in [5, 5.41) is 18.7. The molecule has 4 nitrogen and oxygen atoms in total. The van der Waals surface area contributed by atoms with E-state index in [0.29, 0.717) is 11.3 Å². The van der Waals surface area contributed by atoms with Crippen molar-refractivity contribution >= 4 is 5.97 Å². The molecule has 0 saturated carbocycles. The number of methoxy groups -OCH3 is 1. The lowest BCUT2D eigenvalue weighted by molar-refractivity contribution is 0.0696. The number of benzene rings is 2. The first-order valence-corrected chi connectivity index (χ1v) is 6.45. The maximum atomic E-state index is 11.1. The van der Waals surface area contributed by atoms with E-state index >= 15 is 0 Å². The zero-order chi connectivity index (χ0) is 15.4. The van der Waals surface area contributed by atoms with Gasteiger partial charge in [0.2, 0.25) is 0 Å². The summed E-state index contributed by atoms with van der Waals surface area (Å²) in [6.07, 6.45) is 0. The molecule has 106 valence electrons. The molecule has 2 aromatic carbocycles. The Morgan fingerprint density at radius 1 is 1.24 bits per heavy atom. The first kappa shape index (κ1) is 14.6. The van der Waals surface area contributed by atoms with Crippen LogP contribution in [0.3, 0.4) is 0 Å². The van der Waals surface area contributed by atoms with Crippen molar-refractivity contribution in [2.75, 3.05) is 7.11 Å². The number of ether oxygens (including phenoxy) is 1. The smallest absolute Gasteiger partial charge is 0.335 e. The van der Waals surface area contributed by atoms with Gasteiger partial charge in [0, 0.05) is 5.56 Å². The molecule has 0 fully saturated rings. The molecule has 1 N–H and O–H groups in total. The minimum absolute atomic E-state index is 0.172. The van der Waals surface area contributed by atoms with E-state index in [2.05, 4.69) is 6.07 Å². The number of para-hydroxylation sites is 1. The van der Waals surface area contributed by atoms with Gasteiger partial charge < -0.3 is 9.84 Å². The second-order valence-corrected chi connectivity index (χ2v) is 4.68. The van der Waals surface area contributed by atoms with E-state index in [9.17, 15) is 10.1 Å². The van der Waals surface area contributed by atoms with Crippen LogP contribution in [-0.4, -0.2) is 18.2 Å². The molecule has 0 spiro atoms. The first-order chi connectivity index (χ1) is 10.1. The van der Waals surface area contributed by atoms with E-state index in [1.807, 2.05) is 25.1 Å². The third kappa shape index (κ3) is 2.87. The van der Waals surface area contributed by atoms with Crippen LogP contribution < -0.4 is 4.74 Å². The number of carboxylic acids is 1. The molecule has 0 aromatic heterocycles. The molecule has 0 saturated heterocycles. The number of carbonyl (C=O) groups is 1. The molecule has 0 radical (unpaired) electrons. The van der Waals surface area contributed by atoms with Crippen LogP contribution in [0.1, 0.15) is 33.0 Å². The van der Waals surface area contributed by atoms with Crippen LogP contribution in [0.2, 0.25) is 0 Å². The van der Waals surface area contributed by atoms with Gasteiger partial charge >= 0.3 is 5.97 Å². The molecule has 0 bridgehead atoms. The summed E-state index contributed by atoms with van der Waals surface area (Å²) >= 11 is 0. The average Bonchev–Trinajstić information content (AvgIpc) is 2.50. The third-order valence-corrected chi connectivity index (χ3v) is 3.42. The van der Waals surface area contributed by atoms with Crippen LogP contribution in [0.5, 0.6) is 5.75 Å². The summed E-state index contributed by atoms with van der Waals surface area (Å²) < 4.78 is 5.30.